The Balaban J connectivity index is 2.17. The van der Waals surface area contributed by atoms with Crippen molar-refractivity contribution in [2.45, 2.75) is 11.3 Å². The minimum absolute atomic E-state index is 0.0593. The molecule has 2 aromatic carbocycles. The molecule has 0 aromatic heterocycles. The number of hydrogen-bond donors (Lipinski definition) is 1. The van der Waals surface area contributed by atoms with E-state index in [0.717, 1.165) is 11.6 Å². The van der Waals surface area contributed by atoms with Crippen LogP contribution < -0.4 is 5.32 Å². The van der Waals surface area contributed by atoms with E-state index in [1.807, 2.05) is 6.07 Å². The summed E-state index contributed by atoms with van der Waals surface area (Å²) in [5, 5.41) is 2.41. The van der Waals surface area contributed by atoms with Gasteiger partial charge < -0.3 is 5.32 Å². The van der Waals surface area contributed by atoms with Crippen molar-refractivity contribution in [1.82, 2.24) is 0 Å². The summed E-state index contributed by atoms with van der Waals surface area (Å²) in [5.41, 5.74) is 0.724. The first-order valence-corrected chi connectivity index (χ1v) is 7.22. The van der Waals surface area contributed by atoms with Crippen LogP contribution in [0.15, 0.2) is 59.5 Å². The van der Waals surface area contributed by atoms with Crippen LogP contribution >= 0.6 is 0 Å². The van der Waals surface area contributed by atoms with Gasteiger partial charge >= 0.3 is 10.2 Å². The highest BCUT2D eigenvalue weighted by Crippen LogP contribution is 2.22. The number of para-hydroxylation sites is 1. The molecule has 2 aromatic rings. The second-order valence-corrected chi connectivity index (χ2v) is 5.46. The monoisotopic (exact) mass is 293 g/mol. The van der Waals surface area contributed by atoms with Gasteiger partial charge in [-0.15, -0.1) is 3.89 Å². The predicted molar refractivity (Wildman–Crippen MR) is 73.5 cm³/mol. The first-order valence-electron chi connectivity index (χ1n) is 5.84. The van der Waals surface area contributed by atoms with Gasteiger partial charge in [0.05, 0.1) is 12.1 Å². The fourth-order valence-electron chi connectivity index (χ4n) is 1.76. The molecule has 0 aliphatic carbocycles. The number of carbonyl (C=O) groups is 1. The van der Waals surface area contributed by atoms with Gasteiger partial charge in [0, 0.05) is 0 Å². The molecule has 0 unspecified atom stereocenters. The highest BCUT2D eigenvalue weighted by molar-refractivity contribution is 7.86. The van der Waals surface area contributed by atoms with E-state index in [-0.39, 0.29) is 12.1 Å². The zero-order chi connectivity index (χ0) is 14.6. The van der Waals surface area contributed by atoms with Gasteiger partial charge in [0.25, 0.3) is 0 Å². The zero-order valence-corrected chi connectivity index (χ0v) is 11.2. The third-order valence-electron chi connectivity index (χ3n) is 2.63. The Morgan fingerprint density at radius 2 is 1.60 bits per heavy atom. The Bertz CT molecular complexity index is 714. The number of amides is 1. The van der Waals surface area contributed by atoms with Crippen LogP contribution in [0.3, 0.4) is 0 Å². The van der Waals surface area contributed by atoms with Crippen molar-refractivity contribution in [2.75, 3.05) is 5.32 Å². The van der Waals surface area contributed by atoms with Crippen LogP contribution in [0.4, 0.5) is 9.57 Å². The zero-order valence-electron chi connectivity index (χ0n) is 10.4. The largest absolute Gasteiger partial charge is 0.334 e. The molecule has 0 aliphatic heterocycles. The minimum Gasteiger partial charge on any atom is -0.325 e. The summed E-state index contributed by atoms with van der Waals surface area (Å²) >= 11 is 0. The van der Waals surface area contributed by atoms with E-state index in [0.29, 0.717) is 0 Å². The first-order chi connectivity index (χ1) is 9.47. The average Bonchev–Trinajstić information content (AvgIpc) is 2.39. The molecule has 2 rings (SSSR count). The maximum absolute atomic E-state index is 13.1. The molecule has 0 aliphatic rings. The summed E-state index contributed by atoms with van der Waals surface area (Å²) in [4.78, 5) is 11.3. The quantitative estimate of drug-likeness (QED) is 0.881. The molecule has 1 amide bonds. The molecular formula is C14H12FNO3S. The van der Waals surface area contributed by atoms with Gasteiger partial charge in [-0.25, -0.2) is 0 Å². The molecule has 0 spiro atoms. The number of carbonyl (C=O) groups excluding carboxylic acids is 1. The second-order valence-electron chi connectivity index (χ2n) is 4.14. The maximum Gasteiger partial charge on any atom is 0.334 e. The number of halogens is 1. The summed E-state index contributed by atoms with van der Waals surface area (Å²) in [6, 6.07) is 14.3. The Hall–Kier alpha value is -2.21. The molecule has 0 radical (unpaired) electrons. The third kappa shape index (κ3) is 3.64. The van der Waals surface area contributed by atoms with Crippen molar-refractivity contribution in [1.29, 1.82) is 0 Å². The van der Waals surface area contributed by atoms with Crippen LogP contribution in [0.2, 0.25) is 0 Å². The van der Waals surface area contributed by atoms with Crippen molar-refractivity contribution in [3.8, 4) is 0 Å². The number of benzene rings is 2. The number of hydrogen-bond acceptors (Lipinski definition) is 3. The molecule has 6 heteroatoms. The molecule has 0 fully saturated rings. The van der Waals surface area contributed by atoms with Crippen LogP contribution in [-0.2, 0) is 21.4 Å². The molecule has 1 N–H and O–H groups in total. The lowest BCUT2D eigenvalue weighted by molar-refractivity contribution is -0.115. The molecule has 0 saturated heterocycles. The summed E-state index contributed by atoms with van der Waals surface area (Å²) in [6.45, 7) is 0. The smallest absolute Gasteiger partial charge is 0.325 e. The molecule has 0 saturated carbocycles. The van der Waals surface area contributed by atoms with Crippen LogP contribution in [0.25, 0.3) is 0 Å². The van der Waals surface area contributed by atoms with Crippen molar-refractivity contribution in [3.05, 3.63) is 60.2 Å². The molecule has 0 atom stereocenters. The van der Waals surface area contributed by atoms with Crippen molar-refractivity contribution >= 4 is 21.8 Å². The first kappa shape index (κ1) is 14.2. The van der Waals surface area contributed by atoms with E-state index in [1.165, 1.54) is 18.2 Å². The molecule has 4 nitrogen and oxygen atoms in total. The average molecular weight is 293 g/mol. The fraction of sp³-hybridized carbons (Fsp3) is 0.0714. The lowest BCUT2D eigenvalue weighted by Crippen LogP contribution is -2.16. The van der Waals surface area contributed by atoms with E-state index in [4.69, 9.17) is 0 Å². The van der Waals surface area contributed by atoms with Crippen LogP contribution in [0.5, 0.6) is 0 Å². The van der Waals surface area contributed by atoms with E-state index in [1.54, 1.807) is 24.3 Å². The van der Waals surface area contributed by atoms with Gasteiger partial charge in [-0.1, -0.05) is 42.5 Å². The third-order valence-corrected chi connectivity index (χ3v) is 3.51. The minimum atomic E-state index is -4.87. The van der Waals surface area contributed by atoms with Gasteiger partial charge in [-0.2, -0.15) is 8.42 Å². The molecule has 0 bridgehead atoms. The summed E-state index contributed by atoms with van der Waals surface area (Å²) in [5.74, 6) is -0.410. The van der Waals surface area contributed by atoms with Gasteiger partial charge in [0.2, 0.25) is 5.91 Å². The Labute approximate surface area is 116 Å². The lowest BCUT2D eigenvalue weighted by Gasteiger charge is -2.08. The highest BCUT2D eigenvalue weighted by Gasteiger charge is 2.18. The van der Waals surface area contributed by atoms with E-state index in [2.05, 4.69) is 5.32 Å². The predicted octanol–water partition coefficient (Wildman–Crippen LogP) is 2.53. The van der Waals surface area contributed by atoms with E-state index in [9.17, 15) is 17.1 Å². The Kier molecular flexibility index (Phi) is 4.14. The van der Waals surface area contributed by atoms with E-state index >= 15 is 0 Å². The number of rotatable bonds is 4. The Morgan fingerprint density at radius 3 is 2.25 bits per heavy atom. The summed E-state index contributed by atoms with van der Waals surface area (Å²) in [6.07, 6.45) is 0.0848. The molecule has 104 valence electrons. The highest BCUT2D eigenvalue weighted by atomic mass is 32.3. The molecule has 20 heavy (non-hydrogen) atoms. The molecular weight excluding hydrogens is 281 g/mol. The van der Waals surface area contributed by atoms with Gasteiger partial charge in [-0.05, 0) is 17.7 Å². The summed E-state index contributed by atoms with van der Waals surface area (Å²) < 4.78 is 35.0. The van der Waals surface area contributed by atoms with E-state index < -0.39 is 21.0 Å². The van der Waals surface area contributed by atoms with Crippen molar-refractivity contribution in [3.63, 3.8) is 0 Å². The van der Waals surface area contributed by atoms with Crippen molar-refractivity contribution in [2.24, 2.45) is 0 Å². The second kappa shape index (κ2) is 5.83. The molecule has 0 heterocycles. The SMILES string of the molecule is O=C(Cc1ccccc1)Nc1ccccc1S(=O)(=O)F. The van der Waals surface area contributed by atoms with Crippen molar-refractivity contribution < 1.29 is 17.1 Å². The number of anilines is 1. The van der Waals surface area contributed by atoms with Gasteiger partial charge in [0.15, 0.2) is 0 Å². The standard InChI is InChI=1S/C14H12FNO3S/c15-20(18,19)13-9-5-4-8-12(13)16-14(17)10-11-6-2-1-3-7-11/h1-9H,10H2,(H,16,17). The normalized spacial score (nSPS) is 11.1. The van der Waals surface area contributed by atoms with Gasteiger partial charge in [0.1, 0.15) is 4.90 Å². The lowest BCUT2D eigenvalue weighted by atomic mass is 10.1. The van der Waals surface area contributed by atoms with Crippen LogP contribution in [-0.4, -0.2) is 14.3 Å². The Morgan fingerprint density at radius 1 is 1.00 bits per heavy atom. The maximum atomic E-state index is 13.1. The topological polar surface area (TPSA) is 63.2 Å². The van der Waals surface area contributed by atoms with Gasteiger partial charge in [-0.3, -0.25) is 4.79 Å². The summed E-state index contributed by atoms with van der Waals surface area (Å²) in [7, 11) is -4.87. The fourth-order valence-corrected chi connectivity index (χ4v) is 2.38. The van der Waals surface area contributed by atoms with Crippen LogP contribution in [0.1, 0.15) is 5.56 Å². The van der Waals surface area contributed by atoms with Crippen LogP contribution in [0, 0.1) is 0 Å². The number of nitrogens with one attached hydrogen (secondary N) is 1.